The third-order valence-corrected chi connectivity index (χ3v) is 4.92. The van der Waals surface area contributed by atoms with Crippen LogP contribution in [-0.4, -0.2) is 48.1 Å². The number of rotatable bonds is 4. The third kappa shape index (κ3) is 5.46. The first-order valence-corrected chi connectivity index (χ1v) is 9.72. The summed E-state index contributed by atoms with van der Waals surface area (Å²) in [7, 11) is 0. The number of para-hydroxylation sites is 1. The molecule has 6 nitrogen and oxygen atoms in total. The molecule has 1 aromatic carbocycles. The van der Waals surface area contributed by atoms with Crippen molar-refractivity contribution in [3.63, 3.8) is 0 Å². The van der Waals surface area contributed by atoms with Gasteiger partial charge in [0.1, 0.15) is 0 Å². The fraction of sp³-hybridized carbons (Fsp3) is 0.211. The SMILES string of the molecule is O=C(/C=C/c1cccs1)NC(=S)Nc1ccccc1C(=O)N1CCOCC1. The Morgan fingerprint density at radius 3 is 2.67 bits per heavy atom. The normalized spacial score (nSPS) is 14.1. The number of morpholine rings is 1. The van der Waals surface area contributed by atoms with Crippen molar-refractivity contribution in [3.05, 3.63) is 58.3 Å². The van der Waals surface area contributed by atoms with Crippen LogP contribution in [0.1, 0.15) is 15.2 Å². The van der Waals surface area contributed by atoms with E-state index < -0.39 is 0 Å². The zero-order valence-corrected chi connectivity index (χ0v) is 16.1. The molecule has 3 rings (SSSR count). The molecule has 1 aromatic heterocycles. The number of carbonyl (C=O) groups is 2. The first-order valence-electron chi connectivity index (χ1n) is 8.43. The lowest BCUT2D eigenvalue weighted by molar-refractivity contribution is -0.115. The highest BCUT2D eigenvalue weighted by atomic mass is 32.1. The molecule has 0 unspecified atom stereocenters. The maximum Gasteiger partial charge on any atom is 0.256 e. The maximum atomic E-state index is 12.7. The minimum absolute atomic E-state index is 0.0897. The first-order chi connectivity index (χ1) is 13.1. The molecule has 140 valence electrons. The van der Waals surface area contributed by atoms with E-state index >= 15 is 0 Å². The number of benzene rings is 1. The molecule has 1 aliphatic rings. The Bertz CT molecular complexity index is 844. The van der Waals surface area contributed by atoms with Crippen molar-refractivity contribution in [1.29, 1.82) is 0 Å². The summed E-state index contributed by atoms with van der Waals surface area (Å²) in [5.41, 5.74) is 1.06. The van der Waals surface area contributed by atoms with Gasteiger partial charge in [0.2, 0.25) is 5.91 Å². The average Bonchev–Trinajstić information content (AvgIpc) is 3.20. The van der Waals surface area contributed by atoms with Crippen molar-refractivity contribution in [2.24, 2.45) is 0 Å². The molecule has 1 saturated heterocycles. The van der Waals surface area contributed by atoms with Gasteiger partial charge in [-0.15, -0.1) is 11.3 Å². The van der Waals surface area contributed by atoms with Gasteiger partial charge >= 0.3 is 0 Å². The van der Waals surface area contributed by atoms with E-state index in [4.69, 9.17) is 17.0 Å². The predicted octanol–water partition coefficient (Wildman–Crippen LogP) is 2.75. The topological polar surface area (TPSA) is 70.7 Å². The highest BCUT2D eigenvalue weighted by Crippen LogP contribution is 2.18. The minimum Gasteiger partial charge on any atom is -0.378 e. The molecule has 2 N–H and O–H groups in total. The summed E-state index contributed by atoms with van der Waals surface area (Å²) in [5.74, 6) is -0.425. The van der Waals surface area contributed by atoms with Gasteiger partial charge in [0.15, 0.2) is 5.11 Å². The molecular formula is C19H19N3O3S2. The summed E-state index contributed by atoms with van der Waals surface area (Å²) >= 11 is 6.75. The molecule has 27 heavy (non-hydrogen) atoms. The van der Waals surface area contributed by atoms with Gasteiger partial charge in [0.05, 0.1) is 24.5 Å². The highest BCUT2D eigenvalue weighted by Gasteiger charge is 2.21. The second kappa shape index (κ2) is 9.40. The van der Waals surface area contributed by atoms with Gasteiger partial charge in [-0.05, 0) is 41.9 Å². The van der Waals surface area contributed by atoms with Crippen LogP contribution in [0, 0.1) is 0 Å². The van der Waals surface area contributed by atoms with E-state index in [2.05, 4.69) is 10.6 Å². The van der Waals surface area contributed by atoms with Crippen LogP contribution in [0.25, 0.3) is 6.08 Å². The quantitative estimate of drug-likeness (QED) is 0.609. The second-order valence-electron chi connectivity index (χ2n) is 5.74. The molecule has 2 aromatic rings. The Morgan fingerprint density at radius 1 is 1.15 bits per heavy atom. The Kier molecular flexibility index (Phi) is 6.69. The number of hydrogen-bond donors (Lipinski definition) is 2. The molecule has 0 radical (unpaired) electrons. The lowest BCUT2D eigenvalue weighted by Gasteiger charge is -2.27. The molecule has 2 amide bonds. The zero-order valence-electron chi connectivity index (χ0n) is 14.5. The Balaban J connectivity index is 1.62. The molecule has 1 aliphatic heterocycles. The number of carbonyl (C=O) groups excluding carboxylic acids is 2. The smallest absolute Gasteiger partial charge is 0.256 e. The van der Waals surface area contributed by atoms with Crippen LogP contribution in [0.15, 0.2) is 47.9 Å². The van der Waals surface area contributed by atoms with E-state index in [1.807, 2.05) is 17.5 Å². The van der Waals surface area contributed by atoms with Crippen molar-refractivity contribution in [1.82, 2.24) is 10.2 Å². The van der Waals surface area contributed by atoms with Crippen LogP contribution in [0.4, 0.5) is 5.69 Å². The monoisotopic (exact) mass is 401 g/mol. The number of anilines is 1. The Labute approximate surface area is 166 Å². The van der Waals surface area contributed by atoms with Gasteiger partial charge in [-0.3, -0.25) is 14.9 Å². The molecule has 0 atom stereocenters. The van der Waals surface area contributed by atoms with Crippen molar-refractivity contribution in [3.8, 4) is 0 Å². The van der Waals surface area contributed by atoms with Crippen LogP contribution in [0.3, 0.4) is 0 Å². The molecule has 1 fully saturated rings. The molecule has 0 bridgehead atoms. The lowest BCUT2D eigenvalue weighted by atomic mass is 10.1. The van der Waals surface area contributed by atoms with E-state index in [0.717, 1.165) is 4.88 Å². The zero-order chi connectivity index (χ0) is 19.1. The van der Waals surface area contributed by atoms with Crippen LogP contribution in [-0.2, 0) is 9.53 Å². The highest BCUT2D eigenvalue weighted by molar-refractivity contribution is 7.80. The van der Waals surface area contributed by atoms with E-state index in [-0.39, 0.29) is 16.9 Å². The number of thiocarbonyl (C=S) groups is 1. The number of nitrogens with one attached hydrogen (secondary N) is 2. The predicted molar refractivity (Wildman–Crippen MR) is 111 cm³/mol. The minimum atomic E-state index is -0.335. The van der Waals surface area contributed by atoms with Crippen LogP contribution in [0.5, 0.6) is 0 Å². The van der Waals surface area contributed by atoms with Gasteiger partial charge in [0, 0.05) is 24.0 Å². The fourth-order valence-corrected chi connectivity index (χ4v) is 3.40. The number of nitrogens with zero attached hydrogens (tertiary/aromatic N) is 1. The molecule has 8 heteroatoms. The Hall–Kier alpha value is -2.55. The van der Waals surface area contributed by atoms with Gasteiger partial charge in [0.25, 0.3) is 5.91 Å². The molecule has 0 saturated carbocycles. The molecule has 2 heterocycles. The number of hydrogen-bond acceptors (Lipinski definition) is 5. The van der Waals surface area contributed by atoms with E-state index in [9.17, 15) is 9.59 Å². The average molecular weight is 402 g/mol. The molecule has 0 aliphatic carbocycles. The molecule has 0 spiro atoms. The summed E-state index contributed by atoms with van der Waals surface area (Å²) in [5, 5.41) is 7.61. The summed E-state index contributed by atoms with van der Waals surface area (Å²) in [6.45, 7) is 2.18. The van der Waals surface area contributed by atoms with Crippen molar-refractivity contribution in [2.45, 2.75) is 0 Å². The van der Waals surface area contributed by atoms with Gasteiger partial charge in [-0.1, -0.05) is 18.2 Å². The lowest BCUT2D eigenvalue weighted by Crippen LogP contribution is -2.41. The fourth-order valence-electron chi connectivity index (χ4n) is 2.57. The third-order valence-electron chi connectivity index (χ3n) is 3.88. The summed E-state index contributed by atoms with van der Waals surface area (Å²) in [6, 6.07) is 10.9. The van der Waals surface area contributed by atoms with Crippen molar-refractivity contribution < 1.29 is 14.3 Å². The standard InChI is InChI=1S/C19H19N3O3S2/c23-17(8-7-14-4-3-13-27-14)21-19(26)20-16-6-2-1-5-15(16)18(24)22-9-11-25-12-10-22/h1-8,13H,9-12H2,(H2,20,21,23,26)/b8-7+. The largest absolute Gasteiger partial charge is 0.378 e. The van der Waals surface area contributed by atoms with Gasteiger partial charge in [-0.25, -0.2) is 0 Å². The van der Waals surface area contributed by atoms with Crippen molar-refractivity contribution in [2.75, 3.05) is 31.6 Å². The molecular weight excluding hydrogens is 382 g/mol. The van der Waals surface area contributed by atoms with E-state index in [0.29, 0.717) is 37.6 Å². The van der Waals surface area contributed by atoms with E-state index in [1.54, 1.807) is 35.2 Å². The van der Waals surface area contributed by atoms with Crippen LogP contribution in [0.2, 0.25) is 0 Å². The van der Waals surface area contributed by atoms with Crippen LogP contribution >= 0.6 is 23.6 Å². The van der Waals surface area contributed by atoms with Crippen molar-refractivity contribution >= 4 is 52.2 Å². The first kappa shape index (κ1) is 19.2. The second-order valence-corrected chi connectivity index (χ2v) is 7.13. The van der Waals surface area contributed by atoms with Gasteiger partial charge in [-0.2, -0.15) is 0 Å². The summed E-state index contributed by atoms with van der Waals surface area (Å²) in [6.07, 6.45) is 3.14. The summed E-state index contributed by atoms with van der Waals surface area (Å²) < 4.78 is 5.29. The number of ether oxygens (including phenoxy) is 1. The maximum absolute atomic E-state index is 12.7. The number of thiophene rings is 1. The van der Waals surface area contributed by atoms with E-state index in [1.165, 1.54) is 17.4 Å². The Morgan fingerprint density at radius 2 is 1.93 bits per heavy atom. The number of amides is 2. The summed E-state index contributed by atoms with van der Waals surface area (Å²) in [4.78, 5) is 27.5. The van der Waals surface area contributed by atoms with Crippen LogP contribution < -0.4 is 10.6 Å². The van der Waals surface area contributed by atoms with Gasteiger partial charge < -0.3 is 15.0 Å².